The van der Waals surface area contributed by atoms with Crippen LogP contribution in [0.2, 0.25) is 0 Å². The molecule has 0 saturated heterocycles. The molecule has 1 nitrogen and oxygen atoms in total. The molecule has 0 aliphatic carbocycles. The molecule has 0 amide bonds. The van der Waals surface area contributed by atoms with Gasteiger partial charge in [0.25, 0.3) is 0 Å². The van der Waals surface area contributed by atoms with Crippen molar-refractivity contribution in [3.05, 3.63) is 132 Å². The lowest BCUT2D eigenvalue weighted by molar-refractivity contribution is 1.41. The Morgan fingerprint density at radius 2 is 1.03 bits per heavy atom. The van der Waals surface area contributed by atoms with E-state index in [4.69, 9.17) is 0 Å². The molecule has 33 heavy (non-hydrogen) atoms. The van der Waals surface area contributed by atoms with Crippen molar-refractivity contribution in [2.75, 3.05) is 5.32 Å². The van der Waals surface area contributed by atoms with Crippen LogP contribution >= 0.6 is 0 Å². The first-order valence-corrected chi connectivity index (χ1v) is 11.4. The molecule has 0 unspecified atom stereocenters. The Bertz CT molecular complexity index is 1380. The van der Waals surface area contributed by atoms with Crippen LogP contribution in [0.4, 0.5) is 11.4 Å². The molecule has 0 heterocycles. The fourth-order valence-corrected chi connectivity index (χ4v) is 4.28. The van der Waals surface area contributed by atoms with Crippen molar-refractivity contribution in [3.63, 3.8) is 0 Å². The fraction of sp³-hybridized carbons (Fsp3) is 0.0625. The summed E-state index contributed by atoms with van der Waals surface area (Å²) in [5.41, 5.74) is 12.2. The van der Waals surface area contributed by atoms with Crippen molar-refractivity contribution in [1.82, 2.24) is 0 Å². The molecule has 0 fully saturated rings. The average Bonchev–Trinajstić information content (AvgIpc) is 2.87. The number of hydrogen-bond donors (Lipinski definition) is 1. The van der Waals surface area contributed by atoms with Crippen molar-refractivity contribution >= 4 is 11.4 Å². The van der Waals surface area contributed by atoms with Crippen LogP contribution in [0.25, 0.3) is 33.4 Å². The molecule has 5 aromatic carbocycles. The molecule has 1 N–H and O–H groups in total. The molecule has 0 atom stereocenters. The molecule has 1 heteroatoms. The number of anilines is 2. The molecule has 0 bridgehead atoms. The zero-order chi connectivity index (χ0) is 22.6. The van der Waals surface area contributed by atoms with E-state index in [1.807, 2.05) is 0 Å². The van der Waals surface area contributed by atoms with E-state index >= 15 is 0 Å². The summed E-state index contributed by atoms with van der Waals surface area (Å²) < 4.78 is 0. The predicted molar refractivity (Wildman–Crippen MR) is 142 cm³/mol. The summed E-state index contributed by atoms with van der Waals surface area (Å²) in [6, 6.07) is 43.1. The minimum atomic E-state index is 1.09. The first kappa shape index (κ1) is 20.8. The molecule has 0 radical (unpaired) electrons. The summed E-state index contributed by atoms with van der Waals surface area (Å²) in [5, 5.41) is 3.58. The molecule has 5 rings (SSSR count). The van der Waals surface area contributed by atoms with Crippen LogP contribution in [0.3, 0.4) is 0 Å². The summed E-state index contributed by atoms with van der Waals surface area (Å²) in [7, 11) is 0. The first-order chi connectivity index (χ1) is 16.2. The van der Waals surface area contributed by atoms with Crippen LogP contribution in [0.5, 0.6) is 0 Å². The molecule has 0 aliphatic heterocycles. The molecule has 0 aliphatic rings. The van der Waals surface area contributed by atoms with Crippen LogP contribution in [0.15, 0.2) is 121 Å². The second kappa shape index (κ2) is 9.18. The summed E-state index contributed by atoms with van der Waals surface area (Å²) in [4.78, 5) is 0. The quantitative estimate of drug-likeness (QED) is 0.296. The van der Waals surface area contributed by atoms with Gasteiger partial charge in [-0.2, -0.15) is 0 Å². The second-order valence-electron chi connectivity index (χ2n) is 8.49. The van der Waals surface area contributed by atoms with Gasteiger partial charge in [0.2, 0.25) is 0 Å². The summed E-state index contributed by atoms with van der Waals surface area (Å²) in [6.45, 7) is 4.32. The van der Waals surface area contributed by atoms with Gasteiger partial charge in [-0.25, -0.2) is 0 Å². The highest BCUT2D eigenvalue weighted by molar-refractivity contribution is 5.76. The van der Waals surface area contributed by atoms with Gasteiger partial charge >= 0.3 is 0 Å². The van der Waals surface area contributed by atoms with Crippen molar-refractivity contribution in [3.8, 4) is 33.4 Å². The molecular weight excluding hydrogens is 398 g/mol. The third-order valence-corrected chi connectivity index (χ3v) is 6.15. The maximum atomic E-state index is 3.58. The summed E-state index contributed by atoms with van der Waals surface area (Å²) in [5.74, 6) is 0. The van der Waals surface area contributed by atoms with Gasteiger partial charge in [0.1, 0.15) is 0 Å². The normalized spacial score (nSPS) is 10.7. The Morgan fingerprint density at radius 3 is 1.73 bits per heavy atom. The lowest BCUT2D eigenvalue weighted by Crippen LogP contribution is -1.94. The van der Waals surface area contributed by atoms with Gasteiger partial charge < -0.3 is 5.32 Å². The molecular formula is C32H27N. The predicted octanol–water partition coefficient (Wildman–Crippen LogP) is 9.05. The number of rotatable bonds is 5. The van der Waals surface area contributed by atoms with E-state index in [1.165, 1.54) is 44.5 Å². The molecule has 160 valence electrons. The Morgan fingerprint density at radius 1 is 0.424 bits per heavy atom. The number of aryl methyl sites for hydroxylation is 2. The van der Waals surface area contributed by atoms with Gasteiger partial charge in [-0.1, -0.05) is 91.0 Å². The van der Waals surface area contributed by atoms with Gasteiger partial charge in [-0.15, -0.1) is 0 Å². The highest BCUT2D eigenvalue weighted by atomic mass is 14.9. The second-order valence-corrected chi connectivity index (χ2v) is 8.49. The van der Waals surface area contributed by atoms with Crippen molar-refractivity contribution < 1.29 is 0 Å². The smallest absolute Gasteiger partial charge is 0.0414 e. The number of benzene rings is 5. The maximum Gasteiger partial charge on any atom is 0.0414 e. The topological polar surface area (TPSA) is 12.0 Å². The highest BCUT2D eigenvalue weighted by Crippen LogP contribution is 2.30. The van der Waals surface area contributed by atoms with Crippen LogP contribution < -0.4 is 5.32 Å². The molecule has 0 spiro atoms. The highest BCUT2D eigenvalue weighted by Gasteiger charge is 2.06. The Kier molecular flexibility index (Phi) is 5.78. The van der Waals surface area contributed by atoms with Crippen LogP contribution in [-0.4, -0.2) is 0 Å². The van der Waals surface area contributed by atoms with E-state index in [1.54, 1.807) is 0 Å². The minimum absolute atomic E-state index is 1.09. The summed E-state index contributed by atoms with van der Waals surface area (Å²) in [6.07, 6.45) is 0. The van der Waals surface area contributed by atoms with E-state index in [0.29, 0.717) is 0 Å². The van der Waals surface area contributed by atoms with Crippen LogP contribution in [0.1, 0.15) is 11.1 Å². The summed E-state index contributed by atoms with van der Waals surface area (Å²) >= 11 is 0. The van der Waals surface area contributed by atoms with E-state index in [9.17, 15) is 0 Å². The fourth-order valence-electron chi connectivity index (χ4n) is 4.28. The zero-order valence-electron chi connectivity index (χ0n) is 19.0. The Hall–Kier alpha value is -4.10. The van der Waals surface area contributed by atoms with Crippen molar-refractivity contribution in [1.29, 1.82) is 0 Å². The lowest BCUT2D eigenvalue weighted by Gasteiger charge is -2.13. The third-order valence-electron chi connectivity index (χ3n) is 6.15. The molecule has 5 aromatic rings. The number of hydrogen-bond acceptors (Lipinski definition) is 1. The van der Waals surface area contributed by atoms with Gasteiger partial charge in [-0.05, 0) is 88.7 Å². The zero-order valence-corrected chi connectivity index (χ0v) is 19.0. The monoisotopic (exact) mass is 425 g/mol. The Balaban J connectivity index is 1.35. The minimum Gasteiger partial charge on any atom is -0.355 e. The van der Waals surface area contributed by atoms with Crippen LogP contribution in [-0.2, 0) is 0 Å². The molecule has 0 saturated carbocycles. The SMILES string of the molecule is Cc1cc(-c2ccccc2C)ccc1Nc1ccc(-c2cccc(-c3ccccc3)c2)cc1. The number of nitrogens with one attached hydrogen (secondary N) is 1. The molecule has 0 aromatic heterocycles. The van der Waals surface area contributed by atoms with Crippen LogP contribution in [0, 0.1) is 13.8 Å². The average molecular weight is 426 g/mol. The van der Waals surface area contributed by atoms with Crippen molar-refractivity contribution in [2.45, 2.75) is 13.8 Å². The van der Waals surface area contributed by atoms with Gasteiger partial charge in [0, 0.05) is 11.4 Å². The van der Waals surface area contributed by atoms with E-state index < -0.39 is 0 Å². The van der Waals surface area contributed by atoms with Crippen molar-refractivity contribution in [2.24, 2.45) is 0 Å². The maximum absolute atomic E-state index is 3.58. The van der Waals surface area contributed by atoms with Gasteiger partial charge in [-0.3, -0.25) is 0 Å². The lowest BCUT2D eigenvalue weighted by atomic mass is 9.98. The Labute approximate surface area is 196 Å². The van der Waals surface area contributed by atoms with E-state index in [-0.39, 0.29) is 0 Å². The standard InChI is InChI=1S/C32H27N/c1-23-9-6-7-14-31(23)29-17-20-32(24(2)21-29)33-30-18-15-26(16-19-30)28-13-8-12-27(22-28)25-10-4-3-5-11-25/h3-22,33H,1-2H3. The van der Waals surface area contributed by atoms with E-state index in [0.717, 1.165) is 11.4 Å². The van der Waals surface area contributed by atoms with E-state index in [2.05, 4.69) is 140 Å². The van der Waals surface area contributed by atoms with Gasteiger partial charge in [0.05, 0.1) is 0 Å². The first-order valence-electron chi connectivity index (χ1n) is 11.4. The third kappa shape index (κ3) is 4.58. The largest absolute Gasteiger partial charge is 0.355 e. The van der Waals surface area contributed by atoms with Gasteiger partial charge in [0.15, 0.2) is 0 Å².